The molecule has 94 valence electrons. The molecule has 0 bridgehead atoms. The van der Waals surface area contributed by atoms with Gasteiger partial charge in [0.25, 0.3) is 5.56 Å². The van der Waals surface area contributed by atoms with Crippen LogP contribution in [0.15, 0.2) is 11.1 Å². The third-order valence-electron chi connectivity index (χ3n) is 1.92. The normalized spacial score (nSPS) is 10.4. The number of carbonyl (C=O) groups excluding carboxylic acids is 1. The highest BCUT2D eigenvalue weighted by Crippen LogP contribution is 2.07. The van der Waals surface area contributed by atoms with Crippen LogP contribution in [-0.2, 0) is 4.79 Å². The van der Waals surface area contributed by atoms with Crippen LogP contribution in [0.3, 0.4) is 0 Å². The molecule has 0 aromatic carbocycles. The molecule has 0 atom stereocenters. The molecule has 0 aliphatic heterocycles. The zero-order chi connectivity index (χ0) is 12.8. The second kappa shape index (κ2) is 6.58. The summed E-state index contributed by atoms with van der Waals surface area (Å²) in [7, 11) is 0. The van der Waals surface area contributed by atoms with Gasteiger partial charge in [-0.25, -0.2) is 4.98 Å². The fourth-order valence-electron chi connectivity index (χ4n) is 1.05. The minimum absolute atomic E-state index is 0.110. The summed E-state index contributed by atoms with van der Waals surface area (Å²) >= 11 is 1.88. The van der Waals surface area contributed by atoms with Crippen LogP contribution >= 0.6 is 22.6 Å². The Hall–Kier alpha value is -1.12. The summed E-state index contributed by atoms with van der Waals surface area (Å²) in [6, 6.07) is 0. The van der Waals surface area contributed by atoms with Gasteiger partial charge < -0.3 is 15.6 Å². The van der Waals surface area contributed by atoms with E-state index in [4.69, 9.17) is 0 Å². The molecule has 3 N–H and O–H groups in total. The number of rotatable bonds is 5. The van der Waals surface area contributed by atoms with Crippen LogP contribution in [0.25, 0.3) is 0 Å². The highest BCUT2D eigenvalue weighted by molar-refractivity contribution is 14.1. The smallest absolute Gasteiger partial charge is 0.266 e. The van der Waals surface area contributed by atoms with Gasteiger partial charge in [-0.2, -0.15) is 0 Å². The van der Waals surface area contributed by atoms with Crippen LogP contribution in [0.2, 0.25) is 0 Å². The number of aromatic amines is 1. The molecule has 1 rings (SSSR count). The Morgan fingerprint density at radius 3 is 2.94 bits per heavy atom. The number of anilines is 1. The molecule has 1 aromatic rings. The van der Waals surface area contributed by atoms with Gasteiger partial charge in [0.2, 0.25) is 5.91 Å². The predicted molar refractivity (Wildman–Crippen MR) is 73.9 cm³/mol. The van der Waals surface area contributed by atoms with Gasteiger partial charge in [-0.1, -0.05) is 13.8 Å². The third-order valence-corrected chi connectivity index (χ3v) is 2.92. The second-order valence-corrected chi connectivity index (χ2v) is 5.02. The van der Waals surface area contributed by atoms with E-state index in [1.54, 1.807) is 0 Å². The van der Waals surface area contributed by atoms with E-state index in [1.807, 2.05) is 36.4 Å². The number of nitrogens with zero attached hydrogens (tertiary/aromatic N) is 1. The number of hydrogen-bond donors (Lipinski definition) is 3. The Morgan fingerprint density at radius 1 is 1.59 bits per heavy atom. The SMILES string of the molecule is CC(C)CNC(=O)CNc1nc[nH]c(=O)c1I. The Balaban J connectivity index is 2.48. The van der Waals surface area contributed by atoms with Gasteiger partial charge in [-0.15, -0.1) is 0 Å². The van der Waals surface area contributed by atoms with Gasteiger partial charge in [-0.3, -0.25) is 9.59 Å². The van der Waals surface area contributed by atoms with E-state index in [2.05, 4.69) is 20.6 Å². The maximum atomic E-state index is 11.4. The highest BCUT2D eigenvalue weighted by atomic mass is 127. The van der Waals surface area contributed by atoms with Crippen molar-refractivity contribution in [2.75, 3.05) is 18.4 Å². The molecule has 1 heterocycles. The lowest BCUT2D eigenvalue weighted by Gasteiger charge is -2.09. The van der Waals surface area contributed by atoms with Gasteiger partial charge >= 0.3 is 0 Å². The number of halogens is 1. The van der Waals surface area contributed by atoms with E-state index >= 15 is 0 Å². The molecule has 0 aliphatic rings. The largest absolute Gasteiger partial charge is 0.360 e. The van der Waals surface area contributed by atoms with E-state index in [9.17, 15) is 9.59 Å². The number of aromatic nitrogens is 2. The van der Waals surface area contributed by atoms with Crippen LogP contribution in [0.4, 0.5) is 5.82 Å². The monoisotopic (exact) mass is 350 g/mol. The lowest BCUT2D eigenvalue weighted by Crippen LogP contribution is -2.33. The number of nitrogens with one attached hydrogen (secondary N) is 3. The third kappa shape index (κ3) is 4.72. The first-order chi connectivity index (χ1) is 8.00. The molecule has 1 aromatic heterocycles. The van der Waals surface area contributed by atoms with Crippen LogP contribution in [0.1, 0.15) is 13.8 Å². The molecule has 7 heteroatoms. The quantitative estimate of drug-likeness (QED) is 0.678. The second-order valence-electron chi connectivity index (χ2n) is 3.95. The van der Waals surface area contributed by atoms with Crippen molar-refractivity contribution in [1.82, 2.24) is 15.3 Å². The van der Waals surface area contributed by atoms with Gasteiger partial charge in [0, 0.05) is 6.54 Å². The van der Waals surface area contributed by atoms with E-state index < -0.39 is 0 Å². The molecule has 0 saturated carbocycles. The van der Waals surface area contributed by atoms with Crippen LogP contribution in [0, 0.1) is 9.49 Å². The molecule has 0 radical (unpaired) electrons. The molecule has 0 aliphatic carbocycles. The zero-order valence-corrected chi connectivity index (χ0v) is 11.9. The lowest BCUT2D eigenvalue weighted by atomic mass is 10.2. The van der Waals surface area contributed by atoms with Crippen molar-refractivity contribution >= 4 is 34.3 Å². The summed E-state index contributed by atoms with van der Waals surface area (Å²) in [5, 5.41) is 5.60. The fraction of sp³-hybridized carbons (Fsp3) is 0.500. The molecule has 17 heavy (non-hydrogen) atoms. The van der Waals surface area contributed by atoms with Crippen molar-refractivity contribution in [3.63, 3.8) is 0 Å². The average molecular weight is 350 g/mol. The summed E-state index contributed by atoms with van der Waals surface area (Å²) in [4.78, 5) is 29.1. The standard InChI is InChI=1S/C10H15IN4O2/c1-6(2)3-12-7(16)4-13-9-8(11)10(17)15-5-14-9/h5-6H,3-4H2,1-2H3,(H,12,16)(H2,13,14,15,17). The van der Waals surface area contributed by atoms with E-state index in [0.717, 1.165) is 0 Å². The van der Waals surface area contributed by atoms with Gasteiger partial charge in [-0.05, 0) is 28.5 Å². The minimum atomic E-state index is -0.217. The van der Waals surface area contributed by atoms with Crippen molar-refractivity contribution in [3.05, 3.63) is 20.3 Å². The Kier molecular flexibility index (Phi) is 5.39. The molecule has 0 unspecified atom stereocenters. The number of hydrogen-bond acceptors (Lipinski definition) is 4. The van der Waals surface area contributed by atoms with E-state index in [0.29, 0.717) is 21.9 Å². The Bertz CT molecular complexity index is 444. The first-order valence-corrected chi connectivity index (χ1v) is 6.32. The highest BCUT2D eigenvalue weighted by Gasteiger charge is 2.07. The minimum Gasteiger partial charge on any atom is -0.360 e. The van der Waals surface area contributed by atoms with Crippen molar-refractivity contribution in [2.45, 2.75) is 13.8 Å². The van der Waals surface area contributed by atoms with Gasteiger partial charge in [0.1, 0.15) is 9.39 Å². The number of amides is 1. The molecule has 1 amide bonds. The van der Waals surface area contributed by atoms with Gasteiger partial charge in [0.05, 0.1) is 12.9 Å². The summed E-state index contributed by atoms with van der Waals surface area (Å²) in [5.41, 5.74) is -0.217. The summed E-state index contributed by atoms with van der Waals surface area (Å²) < 4.78 is 0.446. The van der Waals surface area contributed by atoms with E-state index in [-0.39, 0.29) is 18.0 Å². The topological polar surface area (TPSA) is 86.9 Å². The number of H-pyrrole nitrogens is 1. The van der Waals surface area contributed by atoms with Crippen molar-refractivity contribution in [2.24, 2.45) is 5.92 Å². The first-order valence-electron chi connectivity index (χ1n) is 5.24. The lowest BCUT2D eigenvalue weighted by molar-refractivity contribution is -0.119. The van der Waals surface area contributed by atoms with Gasteiger partial charge in [0.15, 0.2) is 0 Å². The molecule has 6 nitrogen and oxygen atoms in total. The van der Waals surface area contributed by atoms with Crippen LogP contribution in [0.5, 0.6) is 0 Å². The molecule has 0 fully saturated rings. The van der Waals surface area contributed by atoms with Crippen LogP contribution < -0.4 is 16.2 Å². The Labute approximate surface area is 113 Å². The maximum Gasteiger partial charge on any atom is 0.266 e. The molecular formula is C10H15IN4O2. The first kappa shape index (κ1) is 13.9. The predicted octanol–water partition coefficient (Wildman–Crippen LogP) is 0.559. The zero-order valence-electron chi connectivity index (χ0n) is 9.71. The maximum absolute atomic E-state index is 11.4. The molecule has 0 saturated heterocycles. The summed E-state index contributed by atoms with van der Waals surface area (Å²) in [6.45, 7) is 4.80. The molecular weight excluding hydrogens is 335 g/mol. The number of carbonyl (C=O) groups is 1. The fourth-order valence-corrected chi connectivity index (χ4v) is 1.54. The van der Waals surface area contributed by atoms with Crippen LogP contribution in [-0.4, -0.2) is 29.0 Å². The summed E-state index contributed by atoms with van der Waals surface area (Å²) in [6.07, 6.45) is 1.30. The Morgan fingerprint density at radius 2 is 2.29 bits per heavy atom. The van der Waals surface area contributed by atoms with Crippen molar-refractivity contribution < 1.29 is 4.79 Å². The summed E-state index contributed by atoms with van der Waals surface area (Å²) in [5.74, 6) is 0.724. The van der Waals surface area contributed by atoms with Crippen molar-refractivity contribution in [1.29, 1.82) is 0 Å². The molecule has 0 spiro atoms. The van der Waals surface area contributed by atoms with Crippen molar-refractivity contribution in [3.8, 4) is 0 Å². The average Bonchev–Trinajstić information content (AvgIpc) is 2.28. The van der Waals surface area contributed by atoms with E-state index in [1.165, 1.54) is 6.33 Å².